The van der Waals surface area contributed by atoms with Crippen molar-refractivity contribution < 1.29 is 23.5 Å². The first-order valence-electron chi connectivity index (χ1n) is 8.72. The van der Waals surface area contributed by atoms with Crippen molar-refractivity contribution in [2.75, 3.05) is 26.2 Å². The summed E-state index contributed by atoms with van der Waals surface area (Å²) in [5, 5.41) is 2.44. The summed E-state index contributed by atoms with van der Waals surface area (Å²) in [6.45, 7) is 5.52. The van der Waals surface area contributed by atoms with Crippen LogP contribution in [0.3, 0.4) is 0 Å². The second-order valence-electron chi connectivity index (χ2n) is 7.55. The molecule has 1 aliphatic heterocycles. The number of hydrogen-bond acceptors (Lipinski definition) is 4. The van der Waals surface area contributed by atoms with Crippen LogP contribution in [0.25, 0.3) is 0 Å². The number of likely N-dealkylation sites (tertiary alicyclic amines) is 1. The number of benzene rings is 1. The number of halogens is 1. The Balaban J connectivity index is 1.72. The number of carbonyl (C=O) groups excluding carboxylic acids is 2. The van der Waals surface area contributed by atoms with E-state index in [1.807, 2.05) is 30.3 Å². The number of alkyl halides is 1. The third kappa shape index (κ3) is 6.63. The van der Waals surface area contributed by atoms with Crippen LogP contribution in [0.5, 0.6) is 0 Å². The number of amides is 2. The fourth-order valence-corrected chi connectivity index (χ4v) is 2.66. The molecule has 1 fully saturated rings. The Morgan fingerprint density at radius 3 is 2.62 bits per heavy atom. The first-order valence-corrected chi connectivity index (χ1v) is 8.72. The van der Waals surface area contributed by atoms with Crippen LogP contribution >= 0.6 is 0 Å². The highest BCUT2D eigenvalue weighted by molar-refractivity contribution is 5.78. The summed E-state index contributed by atoms with van der Waals surface area (Å²) in [4.78, 5) is 25.3. The maximum Gasteiger partial charge on any atom is 0.407 e. The van der Waals surface area contributed by atoms with Crippen LogP contribution in [0, 0.1) is 0 Å². The SMILES string of the molecule is CC(C)(C)OC(=O)NCC1(F)CCN(C(=O)COCc2ccccc2)C1. The normalized spacial score (nSPS) is 20.1. The molecule has 7 heteroatoms. The fraction of sp³-hybridized carbons (Fsp3) is 0.579. The van der Waals surface area contributed by atoms with Gasteiger partial charge in [0.1, 0.15) is 17.9 Å². The molecule has 1 aromatic rings. The van der Waals surface area contributed by atoms with Crippen molar-refractivity contribution in [1.82, 2.24) is 10.2 Å². The summed E-state index contributed by atoms with van der Waals surface area (Å²) in [6, 6.07) is 9.53. The maximum absolute atomic E-state index is 14.8. The highest BCUT2D eigenvalue weighted by Gasteiger charge is 2.40. The lowest BCUT2D eigenvalue weighted by atomic mass is 10.1. The number of ether oxygens (including phenoxy) is 2. The third-order valence-electron chi connectivity index (χ3n) is 3.94. The summed E-state index contributed by atoms with van der Waals surface area (Å²) in [5.41, 5.74) is -1.31. The van der Waals surface area contributed by atoms with E-state index in [1.54, 1.807) is 20.8 Å². The van der Waals surface area contributed by atoms with Gasteiger partial charge in [0.05, 0.1) is 19.7 Å². The molecule has 0 aliphatic carbocycles. The number of nitrogens with one attached hydrogen (secondary N) is 1. The van der Waals surface area contributed by atoms with Crippen LogP contribution in [0.4, 0.5) is 9.18 Å². The topological polar surface area (TPSA) is 67.9 Å². The van der Waals surface area contributed by atoms with Gasteiger partial charge in [0.2, 0.25) is 5.91 Å². The minimum atomic E-state index is -1.65. The molecule has 6 nitrogen and oxygen atoms in total. The van der Waals surface area contributed by atoms with Crippen molar-refractivity contribution in [2.45, 2.75) is 45.1 Å². The standard InChI is InChI=1S/C19H27FN2O4/c1-18(2,3)26-17(24)21-13-19(20)9-10-22(14-19)16(23)12-25-11-15-7-5-4-6-8-15/h4-8H,9-14H2,1-3H3,(H,21,24). The average molecular weight is 366 g/mol. The Bertz CT molecular complexity index is 618. The molecular formula is C19H27FN2O4. The molecule has 0 aromatic heterocycles. The molecule has 0 spiro atoms. The van der Waals surface area contributed by atoms with Crippen LogP contribution < -0.4 is 5.32 Å². The first kappa shape index (κ1) is 20.2. The van der Waals surface area contributed by atoms with Gasteiger partial charge in [-0.2, -0.15) is 0 Å². The van der Waals surface area contributed by atoms with Crippen molar-refractivity contribution in [3.63, 3.8) is 0 Å². The minimum Gasteiger partial charge on any atom is -0.444 e. The van der Waals surface area contributed by atoms with E-state index in [1.165, 1.54) is 4.90 Å². The quantitative estimate of drug-likeness (QED) is 0.840. The maximum atomic E-state index is 14.8. The van der Waals surface area contributed by atoms with E-state index >= 15 is 0 Å². The Labute approximate surface area is 153 Å². The fourth-order valence-electron chi connectivity index (χ4n) is 2.66. The molecule has 144 valence electrons. The van der Waals surface area contributed by atoms with Crippen molar-refractivity contribution in [3.8, 4) is 0 Å². The molecule has 0 saturated carbocycles. The van der Waals surface area contributed by atoms with Crippen molar-refractivity contribution in [2.24, 2.45) is 0 Å². The zero-order chi connectivity index (χ0) is 19.2. The predicted octanol–water partition coefficient (Wildman–Crippen LogP) is 2.67. The zero-order valence-corrected chi connectivity index (χ0v) is 15.6. The summed E-state index contributed by atoms with van der Waals surface area (Å²) >= 11 is 0. The first-order chi connectivity index (χ1) is 12.2. The van der Waals surface area contributed by atoms with E-state index in [4.69, 9.17) is 9.47 Å². The average Bonchev–Trinajstić information content (AvgIpc) is 2.95. The van der Waals surface area contributed by atoms with Crippen LogP contribution in [-0.2, 0) is 20.9 Å². The molecule has 26 heavy (non-hydrogen) atoms. The van der Waals surface area contributed by atoms with E-state index in [-0.39, 0.29) is 32.0 Å². The van der Waals surface area contributed by atoms with Gasteiger partial charge in [0, 0.05) is 13.0 Å². The monoisotopic (exact) mass is 366 g/mol. The van der Waals surface area contributed by atoms with E-state index < -0.39 is 17.4 Å². The molecular weight excluding hydrogens is 339 g/mol. The van der Waals surface area contributed by atoms with Gasteiger partial charge in [-0.1, -0.05) is 30.3 Å². The Morgan fingerprint density at radius 2 is 1.96 bits per heavy atom. The van der Waals surface area contributed by atoms with Crippen molar-refractivity contribution in [1.29, 1.82) is 0 Å². The molecule has 0 radical (unpaired) electrons. The summed E-state index contributed by atoms with van der Waals surface area (Å²) < 4.78 is 25.3. The second-order valence-corrected chi connectivity index (χ2v) is 7.55. The number of carbonyl (C=O) groups is 2. The van der Waals surface area contributed by atoms with Gasteiger partial charge in [-0.15, -0.1) is 0 Å². The molecule has 1 heterocycles. The molecule has 2 amide bonds. The molecule has 1 atom stereocenters. The number of nitrogens with zero attached hydrogens (tertiary/aromatic N) is 1. The summed E-state index contributed by atoms with van der Waals surface area (Å²) in [5.74, 6) is -0.252. The Hall–Kier alpha value is -2.15. The van der Waals surface area contributed by atoms with Gasteiger partial charge in [-0.3, -0.25) is 4.79 Å². The lowest BCUT2D eigenvalue weighted by Crippen LogP contribution is -2.44. The molecule has 2 rings (SSSR count). The van der Waals surface area contributed by atoms with E-state index in [0.717, 1.165) is 5.56 Å². The van der Waals surface area contributed by atoms with Gasteiger partial charge in [-0.05, 0) is 26.3 Å². The van der Waals surface area contributed by atoms with Gasteiger partial charge in [0.15, 0.2) is 0 Å². The third-order valence-corrected chi connectivity index (χ3v) is 3.94. The minimum absolute atomic E-state index is 0.0592. The van der Waals surface area contributed by atoms with E-state index in [2.05, 4.69) is 5.32 Å². The lowest BCUT2D eigenvalue weighted by Gasteiger charge is -2.24. The molecule has 1 aliphatic rings. The predicted molar refractivity (Wildman–Crippen MR) is 95.4 cm³/mol. The van der Waals surface area contributed by atoms with E-state index in [0.29, 0.717) is 13.2 Å². The largest absolute Gasteiger partial charge is 0.444 e. The highest BCUT2D eigenvalue weighted by Crippen LogP contribution is 2.25. The second kappa shape index (κ2) is 8.49. The highest BCUT2D eigenvalue weighted by atomic mass is 19.1. The van der Waals surface area contributed by atoms with Crippen LogP contribution in [0.2, 0.25) is 0 Å². The van der Waals surface area contributed by atoms with Crippen LogP contribution in [-0.4, -0.2) is 54.4 Å². The summed E-state index contributed by atoms with van der Waals surface area (Å²) in [7, 11) is 0. The van der Waals surface area contributed by atoms with Crippen LogP contribution in [0.1, 0.15) is 32.8 Å². The van der Waals surface area contributed by atoms with Gasteiger partial charge >= 0.3 is 6.09 Å². The van der Waals surface area contributed by atoms with E-state index in [9.17, 15) is 14.0 Å². The molecule has 1 unspecified atom stereocenters. The summed E-state index contributed by atoms with van der Waals surface area (Å²) in [6.07, 6.45) is -0.488. The van der Waals surface area contributed by atoms with Gasteiger partial charge in [0.25, 0.3) is 0 Å². The Kier molecular flexibility index (Phi) is 6.58. The Morgan fingerprint density at radius 1 is 1.27 bits per heavy atom. The molecule has 0 bridgehead atoms. The van der Waals surface area contributed by atoms with Crippen LogP contribution in [0.15, 0.2) is 30.3 Å². The van der Waals surface area contributed by atoms with Gasteiger partial charge < -0.3 is 19.7 Å². The van der Waals surface area contributed by atoms with Crippen molar-refractivity contribution >= 4 is 12.0 Å². The number of rotatable bonds is 6. The lowest BCUT2D eigenvalue weighted by molar-refractivity contribution is -0.136. The zero-order valence-electron chi connectivity index (χ0n) is 15.6. The number of hydrogen-bond donors (Lipinski definition) is 1. The van der Waals surface area contributed by atoms with Crippen molar-refractivity contribution in [3.05, 3.63) is 35.9 Å². The smallest absolute Gasteiger partial charge is 0.407 e. The van der Waals surface area contributed by atoms with Gasteiger partial charge in [-0.25, -0.2) is 9.18 Å². The molecule has 1 aromatic carbocycles. The molecule has 1 N–H and O–H groups in total. The molecule has 1 saturated heterocycles. The number of alkyl carbamates (subject to hydrolysis) is 1.